The van der Waals surface area contributed by atoms with Gasteiger partial charge in [0.15, 0.2) is 11.0 Å². The molecule has 4 rings (SSSR count). The van der Waals surface area contributed by atoms with Crippen molar-refractivity contribution >= 4 is 46.3 Å². The first kappa shape index (κ1) is 19.7. The molecule has 0 spiro atoms. The summed E-state index contributed by atoms with van der Waals surface area (Å²) in [4.78, 5) is 13.5. The van der Waals surface area contributed by atoms with Gasteiger partial charge in [0.25, 0.3) is 0 Å². The summed E-state index contributed by atoms with van der Waals surface area (Å²) in [5, 5.41) is 14.9. The zero-order valence-corrected chi connectivity index (χ0v) is 17.9. The maximum Gasteiger partial charge on any atom is 0.234 e. The van der Waals surface area contributed by atoms with E-state index in [1.807, 2.05) is 65.4 Å². The molecule has 5 nitrogen and oxygen atoms in total. The van der Waals surface area contributed by atoms with E-state index >= 15 is 0 Å². The monoisotopic (exact) mass is 440 g/mol. The van der Waals surface area contributed by atoms with Gasteiger partial charge in [0.05, 0.1) is 10.6 Å². The van der Waals surface area contributed by atoms with E-state index in [1.165, 1.54) is 11.8 Å². The number of carbonyl (C=O) groups is 1. The summed E-state index contributed by atoms with van der Waals surface area (Å²) < 4.78 is 1.98. The number of aromatic nitrogens is 3. The van der Waals surface area contributed by atoms with Crippen molar-refractivity contribution < 1.29 is 4.79 Å². The number of hydrogen-bond acceptors (Lipinski definition) is 5. The van der Waals surface area contributed by atoms with Crippen LogP contribution in [0.25, 0.3) is 16.4 Å². The van der Waals surface area contributed by atoms with Crippen molar-refractivity contribution in [3.8, 4) is 16.4 Å². The third-order valence-electron chi connectivity index (χ3n) is 4.20. The van der Waals surface area contributed by atoms with Crippen LogP contribution in [0.5, 0.6) is 0 Å². The Morgan fingerprint density at radius 3 is 2.72 bits per heavy atom. The highest BCUT2D eigenvalue weighted by Gasteiger charge is 2.18. The summed E-state index contributed by atoms with van der Waals surface area (Å²) in [7, 11) is 0. The molecule has 2 heterocycles. The molecule has 1 N–H and O–H groups in total. The lowest BCUT2D eigenvalue weighted by Gasteiger charge is -2.10. The normalized spacial score (nSPS) is 10.8. The molecule has 2 aromatic heterocycles. The van der Waals surface area contributed by atoms with Crippen LogP contribution >= 0.6 is 34.7 Å². The molecule has 0 unspecified atom stereocenters. The van der Waals surface area contributed by atoms with Crippen LogP contribution in [-0.4, -0.2) is 26.4 Å². The molecule has 8 heteroatoms. The number of nitrogens with one attached hydrogen (secondary N) is 1. The number of nitrogens with zero attached hydrogens (tertiary/aromatic N) is 3. The fourth-order valence-corrected chi connectivity index (χ4v) is 4.41. The number of carbonyl (C=O) groups excluding carboxylic acids is 1. The molecule has 1 amide bonds. The predicted octanol–water partition coefficient (Wildman–Crippen LogP) is 5.69. The number of aryl methyl sites for hydroxylation is 1. The second-order valence-electron chi connectivity index (χ2n) is 6.25. The number of rotatable bonds is 6. The zero-order valence-electron chi connectivity index (χ0n) is 15.5. The maximum absolute atomic E-state index is 12.5. The van der Waals surface area contributed by atoms with Gasteiger partial charge in [-0.05, 0) is 48.2 Å². The number of thiophene rings is 1. The molecule has 0 radical (unpaired) electrons. The number of thioether (sulfide) groups is 1. The summed E-state index contributed by atoms with van der Waals surface area (Å²) >= 11 is 8.99. The molecule has 0 fully saturated rings. The van der Waals surface area contributed by atoms with Crippen molar-refractivity contribution in [2.24, 2.45) is 0 Å². The fraction of sp³-hybridized carbons (Fsp3) is 0.0952. The van der Waals surface area contributed by atoms with Gasteiger partial charge in [-0.3, -0.25) is 9.36 Å². The largest absolute Gasteiger partial charge is 0.325 e. The SMILES string of the molecule is Cc1ccc(Cl)cc1NC(=O)CSc1nnc(-c2cccs2)n1-c1ccccc1. The highest BCUT2D eigenvalue weighted by Crippen LogP contribution is 2.30. The molecule has 146 valence electrons. The van der Waals surface area contributed by atoms with Gasteiger partial charge in [0.2, 0.25) is 5.91 Å². The quantitative estimate of drug-likeness (QED) is 0.391. The van der Waals surface area contributed by atoms with E-state index in [9.17, 15) is 4.79 Å². The average molecular weight is 441 g/mol. The molecule has 0 saturated carbocycles. The lowest BCUT2D eigenvalue weighted by Crippen LogP contribution is -2.15. The molecule has 0 aliphatic heterocycles. The first-order chi connectivity index (χ1) is 14.1. The van der Waals surface area contributed by atoms with Gasteiger partial charge in [-0.15, -0.1) is 21.5 Å². The van der Waals surface area contributed by atoms with Gasteiger partial charge in [-0.1, -0.05) is 53.7 Å². The fourth-order valence-electron chi connectivity index (χ4n) is 2.78. The van der Waals surface area contributed by atoms with Crippen molar-refractivity contribution in [1.82, 2.24) is 14.8 Å². The standard InChI is InChI=1S/C21H17ClN4OS2/c1-14-9-10-15(22)12-17(14)23-19(27)13-29-21-25-24-20(18-8-5-11-28-18)26(21)16-6-3-2-4-7-16/h2-12H,13H2,1H3,(H,23,27). The lowest BCUT2D eigenvalue weighted by atomic mass is 10.2. The van der Waals surface area contributed by atoms with Crippen LogP contribution < -0.4 is 5.32 Å². The predicted molar refractivity (Wildman–Crippen MR) is 120 cm³/mol. The average Bonchev–Trinajstić information content (AvgIpc) is 3.39. The van der Waals surface area contributed by atoms with Crippen molar-refractivity contribution in [2.45, 2.75) is 12.1 Å². The highest BCUT2D eigenvalue weighted by molar-refractivity contribution is 7.99. The highest BCUT2D eigenvalue weighted by atomic mass is 35.5. The lowest BCUT2D eigenvalue weighted by molar-refractivity contribution is -0.113. The van der Waals surface area contributed by atoms with Gasteiger partial charge in [-0.2, -0.15) is 0 Å². The molecule has 0 atom stereocenters. The van der Waals surface area contributed by atoms with Crippen LogP contribution in [0, 0.1) is 6.92 Å². The maximum atomic E-state index is 12.5. The van der Waals surface area contributed by atoms with Crippen LogP contribution in [0.2, 0.25) is 5.02 Å². The Morgan fingerprint density at radius 1 is 1.14 bits per heavy atom. The third-order valence-corrected chi connectivity index (χ3v) is 6.23. The molecule has 29 heavy (non-hydrogen) atoms. The minimum Gasteiger partial charge on any atom is -0.325 e. The van der Waals surface area contributed by atoms with E-state index in [1.54, 1.807) is 23.5 Å². The van der Waals surface area contributed by atoms with E-state index in [2.05, 4.69) is 15.5 Å². The van der Waals surface area contributed by atoms with Crippen molar-refractivity contribution in [3.63, 3.8) is 0 Å². The Balaban J connectivity index is 1.56. The van der Waals surface area contributed by atoms with E-state index in [-0.39, 0.29) is 11.7 Å². The molecular formula is C21H17ClN4OS2. The smallest absolute Gasteiger partial charge is 0.234 e. The number of hydrogen-bond donors (Lipinski definition) is 1. The number of para-hydroxylation sites is 1. The Kier molecular flexibility index (Phi) is 5.99. The van der Waals surface area contributed by atoms with Gasteiger partial charge in [-0.25, -0.2) is 0 Å². The van der Waals surface area contributed by atoms with Gasteiger partial charge in [0.1, 0.15) is 0 Å². The molecule has 0 saturated heterocycles. The Bertz CT molecular complexity index is 1130. The molecular weight excluding hydrogens is 424 g/mol. The number of benzene rings is 2. The summed E-state index contributed by atoms with van der Waals surface area (Å²) in [5.41, 5.74) is 2.63. The zero-order chi connectivity index (χ0) is 20.2. The van der Waals surface area contributed by atoms with E-state index < -0.39 is 0 Å². The van der Waals surface area contributed by atoms with Crippen LogP contribution in [-0.2, 0) is 4.79 Å². The van der Waals surface area contributed by atoms with Crippen molar-refractivity contribution in [2.75, 3.05) is 11.1 Å². The van der Waals surface area contributed by atoms with Gasteiger partial charge < -0.3 is 5.32 Å². The second kappa shape index (κ2) is 8.82. The molecule has 2 aromatic carbocycles. The minimum absolute atomic E-state index is 0.124. The van der Waals surface area contributed by atoms with E-state index in [0.29, 0.717) is 15.9 Å². The summed E-state index contributed by atoms with van der Waals surface area (Å²) in [6.45, 7) is 1.93. The third kappa shape index (κ3) is 4.53. The summed E-state index contributed by atoms with van der Waals surface area (Å²) in [5.74, 6) is 0.849. The minimum atomic E-state index is -0.124. The molecule has 0 aliphatic carbocycles. The van der Waals surface area contributed by atoms with Crippen molar-refractivity contribution in [1.29, 1.82) is 0 Å². The van der Waals surface area contributed by atoms with E-state index in [4.69, 9.17) is 11.6 Å². The molecule has 0 bridgehead atoms. The summed E-state index contributed by atoms with van der Waals surface area (Å²) in [6.07, 6.45) is 0. The topological polar surface area (TPSA) is 59.8 Å². The first-order valence-corrected chi connectivity index (χ1v) is 11.1. The Labute approximate surface area is 181 Å². The Hall–Kier alpha value is -2.61. The second-order valence-corrected chi connectivity index (χ2v) is 8.58. The molecule has 4 aromatic rings. The number of halogens is 1. The van der Waals surface area contributed by atoms with Gasteiger partial charge >= 0.3 is 0 Å². The van der Waals surface area contributed by atoms with Crippen LogP contribution in [0.1, 0.15) is 5.56 Å². The van der Waals surface area contributed by atoms with Gasteiger partial charge in [0, 0.05) is 16.4 Å². The first-order valence-electron chi connectivity index (χ1n) is 8.85. The van der Waals surface area contributed by atoms with E-state index in [0.717, 1.165) is 22.0 Å². The summed E-state index contributed by atoms with van der Waals surface area (Å²) in [6, 6.07) is 19.3. The van der Waals surface area contributed by atoms with Crippen molar-refractivity contribution in [3.05, 3.63) is 76.6 Å². The molecule has 0 aliphatic rings. The van der Waals surface area contributed by atoms with Crippen LogP contribution in [0.3, 0.4) is 0 Å². The van der Waals surface area contributed by atoms with Crippen LogP contribution in [0.4, 0.5) is 5.69 Å². The number of amides is 1. The number of anilines is 1. The Morgan fingerprint density at radius 2 is 1.97 bits per heavy atom. The van der Waals surface area contributed by atoms with Crippen LogP contribution in [0.15, 0.2) is 71.2 Å².